The Morgan fingerprint density at radius 3 is 2.65 bits per heavy atom. The average Bonchev–Trinajstić information content (AvgIpc) is 2.52. The molecule has 1 saturated carbocycles. The van der Waals surface area contributed by atoms with Crippen molar-refractivity contribution in [3.8, 4) is 0 Å². The molecule has 0 heterocycles. The normalized spacial score (nSPS) is 23.1. The molecule has 3 nitrogen and oxygen atoms in total. The molecule has 3 heteroatoms. The smallest absolute Gasteiger partial charge is 0.0726 e. The minimum Gasteiger partial charge on any atom is -0.380 e. The highest BCUT2D eigenvalue weighted by molar-refractivity contribution is 5.14. The van der Waals surface area contributed by atoms with E-state index in [-0.39, 0.29) is 0 Å². The minimum absolute atomic E-state index is 0.380. The van der Waals surface area contributed by atoms with Gasteiger partial charge in [0, 0.05) is 26.2 Å². The first-order chi connectivity index (χ1) is 9.85. The Morgan fingerprint density at radius 1 is 1.20 bits per heavy atom. The Balaban J connectivity index is 2.05. The molecule has 2 rings (SSSR count). The highest BCUT2D eigenvalue weighted by Crippen LogP contribution is 2.26. The minimum atomic E-state index is 0.380. The second-order valence-electron chi connectivity index (χ2n) is 5.72. The molecular formula is C17H28N2O. The van der Waals surface area contributed by atoms with E-state index in [1.807, 2.05) is 7.11 Å². The van der Waals surface area contributed by atoms with Gasteiger partial charge in [-0.15, -0.1) is 0 Å². The maximum atomic E-state index is 5.73. The summed E-state index contributed by atoms with van der Waals surface area (Å²) in [6.45, 7) is 2.83. The highest BCUT2D eigenvalue weighted by Gasteiger charge is 2.29. The van der Waals surface area contributed by atoms with Crippen LogP contribution in [0.15, 0.2) is 30.3 Å². The second-order valence-corrected chi connectivity index (χ2v) is 5.72. The Morgan fingerprint density at radius 2 is 1.95 bits per heavy atom. The SMILES string of the molecule is COC1CCCCC1N(CCCN)Cc1ccccc1. The molecule has 112 valence electrons. The molecule has 1 aliphatic carbocycles. The summed E-state index contributed by atoms with van der Waals surface area (Å²) in [6.07, 6.45) is 6.49. The molecule has 1 fully saturated rings. The average molecular weight is 276 g/mol. The fourth-order valence-electron chi connectivity index (χ4n) is 3.24. The molecule has 0 saturated heterocycles. The van der Waals surface area contributed by atoms with Gasteiger partial charge in [-0.3, -0.25) is 4.90 Å². The quantitative estimate of drug-likeness (QED) is 0.832. The molecule has 0 radical (unpaired) electrons. The summed E-state index contributed by atoms with van der Waals surface area (Å²) in [7, 11) is 1.85. The maximum Gasteiger partial charge on any atom is 0.0726 e. The monoisotopic (exact) mass is 276 g/mol. The van der Waals surface area contributed by atoms with Crippen LogP contribution in [-0.4, -0.2) is 37.2 Å². The number of rotatable bonds is 7. The van der Waals surface area contributed by atoms with Crippen molar-refractivity contribution < 1.29 is 4.74 Å². The van der Waals surface area contributed by atoms with Crippen molar-refractivity contribution >= 4 is 0 Å². The fourth-order valence-corrected chi connectivity index (χ4v) is 3.24. The third kappa shape index (κ3) is 4.30. The molecule has 1 aliphatic rings. The topological polar surface area (TPSA) is 38.5 Å². The molecule has 1 aromatic carbocycles. The summed E-state index contributed by atoms with van der Waals surface area (Å²) in [5.74, 6) is 0. The van der Waals surface area contributed by atoms with Gasteiger partial charge >= 0.3 is 0 Å². The molecule has 2 unspecified atom stereocenters. The molecule has 0 aliphatic heterocycles. The van der Waals surface area contributed by atoms with Gasteiger partial charge in [0.1, 0.15) is 0 Å². The summed E-state index contributed by atoms with van der Waals surface area (Å²) in [4.78, 5) is 2.58. The van der Waals surface area contributed by atoms with Crippen LogP contribution in [0.25, 0.3) is 0 Å². The zero-order valence-corrected chi connectivity index (χ0v) is 12.6. The van der Waals surface area contributed by atoms with Gasteiger partial charge in [0.15, 0.2) is 0 Å². The Kier molecular flexibility index (Phi) is 6.51. The van der Waals surface area contributed by atoms with Crippen LogP contribution in [0.3, 0.4) is 0 Å². The van der Waals surface area contributed by atoms with Crippen molar-refractivity contribution in [1.29, 1.82) is 0 Å². The number of benzene rings is 1. The molecule has 2 N–H and O–H groups in total. The van der Waals surface area contributed by atoms with E-state index in [0.717, 1.165) is 26.1 Å². The van der Waals surface area contributed by atoms with Crippen LogP contribution in [0, 0.1) is 0 Å². The van der Waals surface area contributed by atoms with Gasteiger partial charge in [0.2, 0.25) is 0 Å². The largest absolute Gasteiger partial charge is 0.380 e. The van der Waals surface area contributed by atoms with E-state index in [2.05, 4.69) is 35.2 Å². The van der Waals surface area contributed by atoms with E-state index in [1.165, 1.54) is 31.2 Å². The lowest BCUT2D eigenvalue weighted by Crippen LogP contribution is -2.46. The summed E-state index contributed by atoms with van der Waals surface area (Å²) < 4.78 is 5.73. The molecular weight excluding hydrogens is 248 g/mol. The highest BCUT2D eigenvalue weighted by atomic mass is 16.5. The number of nitrogens with two attached hydrogens (primary N) is 1. The predicted octanol–water partition coefficient (Wildman–Crippen LogP) is 2.80. The van der Waals surface area contributed by atoms with Crippen LogP contribution in [0.2, 0.25) is 0 Å². The van der Waals surface area contributed by atoms with Crippen LogP contribution < -0.4 is 5.73 Å². The van der Waals surface area contributed by atoms with Gasteiger partial charge in [-0.25, -0.2) is 0 Å². The van der Waals surface area contributed by atoms with Crippen LogP contribution >= 0.6 is 0 Å². The first kappa shape index (κ1) is 15.5. The van der Waals surface area contributed by atoms with E-state index in [9.17, 15) is 0 Å². The molecule has 20 heavy (non-hydrogen) atoms. The molecule has 0 bridgehead atoms. The third-order valence-electron chi connectivity index (χ3n) is 4.32. The van der Waals surface area contributed by atoms with E-state index in [1.54, 1.807) is 0 Å². The van der Waals surface area contributed by atoms with E-state index in [4.69, 9.17) is 10.5 Å². The lowest BCUT2D eigenvalue weighted by molar-refractivity contribution is -0.0144. The number of methoxy groups -OCH3 is 1. The van der Waals surface area contributed by atoms with Crippen molar-refractivity contribution in [2.75, 3.05) is 20.2 Å². The maximum absolute atomic E-state index is 5.73. The molecule has 2 atom stereocenters. The van der Waals surface area contributed by atoms with Crippen molar-refractivity contribution in [2.24, 2.45) is 5.73 Å². The van der Waals surface area contributed by atoms with Crippen LogP contribution in [0.5, 0.6) is 0 Å². The number of hydrogen-bond donors (Lipinski definition) is 1. The standard InChI is InChI=1S/C17H28N2O/c1-20-17-11-6-5-10-16(17)19(13-7-12-18)14-15-8-3-2-4-9-15/h2-4,8-9,16-17H,5-7,10-14,18H2,1H3. The first-order valence-electron chi connectivity index (χ1n) is 7.86. The lowest BCUT2D eigenvalue weighted by atomic mass is 9.90. The van der Waals surface area contributed by atoms with E-state index >= 15 is 0 Å². The Hall–Kier alpha value is -0.900. The van der Waals surface area contributed by atoms with E-state index in [0.29, 0.717) is 12.1 Å². The third-order valence-corrected chi connectivity index (χ3v) is 4.32. The summed E-state index contributed by atoms with van der Waals surface area (Å²) in [5.41, 5.74) is 7.09. The first-order valence-corrected chi connectivity index (χ1v) is 7.86. The van der Waals surface area contributed by atoms with Crippen LogP contribution in [0.1, 0.15) is 37.7 Å². The predicted molar refractivity (Wildman–Crippen MR) is 83.6 cm³/mol. The van der Waals surface area contributed by atoms with Gasteiger partial charge < -0.3 is 10.5 Å². The molecule has 1 aromatic rings. The second kappa shape index (κ2) is 8.40. The zero-order valence-electron chi connectivity index (χ0n) is 12.6. The van der Waals surface area contributed by atoms with Crippen molar-refractivity contribution in [3.63, 3.8) is 0 Å². The van der Waals surface area contributed by atoms with Crippen molar-refractivity contribution in [3.05, 3.63) is 35.9 Å². The molecule has 0 amide bonds. The fraction of sp³-hybridized carbons (Fsp3) is 0.647. The number of ether oxygens (including phenoxy) is 1. The van der Waals surface area contributed by atoms with Gasteiger partial charge in [-0.1, -0.05) is 43.2 Å². The number of nitrogens with zero attached hydrogens (tertiary/aromatic N) is 1. The van der Waals surface area contributed by atoms with E-state index < -0.39 is 0 Å². The van der Waals surface area contributed by atoms with Gasteiger partial charge in [-0.2, -0.15) is 0 Å². The zero-order chi connectivity index (χ0) is 14.2. The van der Waals surface area contributed by atoms with Crippen molar-refractivity contribution in [2.45, 2.75) is 50.8 Å². The van der Waals surface area contributed by atoms with Gasteiger partial charge in [-0.05, 0) is 31.4 Å². The number of hydrogen-bond acceptors (Lipinski definition) is 3. The van der Waals surface area contributed by atoms with Crippen LogP contribution in [-0.2, 0) is 11.3 Å². The van der Waals surface area contributed by atoms with Gasteiger partial charge in [0.25, 0.3) is 0 Å². The van der Waals surface area contributed by atoms with Crippen molar-refractivity contribution in [1.82, 2.24) is 4.90 Å². The summed E-state index contributed by atoms with van der Waals surface area (Å²) in [5, 5.41) is 0. The summed E-state index contributed by atoms with van der Waals surface area (Å²) >= 11 is 0. The Bertz CT molecular complexity index is 369. The summed E-state index contributed by atoms with van der Waals surface area (Å²) in [6, 6.07) is 11.3. The molecule has 0 aromatic heterocycles. The van der Waals surface area contributed by atoms with Gasteiger partial charge in [0.05, 0.1) is 6.10 Å². The van der Waals surface area contributed by atoms with Crippen LogP contribution in [0.4, 0.5) is 0 Å². The molecule has 0 spiro atoms. The lowest BCUT2D eigenvalue weighted by Gasteiger charge is -2.39. The Labute approximate surface area is 123 Å².